The maximum absolute atomic E-state index is 11.9. The van der Waals surface area contributed by atoms with Crippen molar-refractivity contribution in [2.45, 2.75) is 37.6 Å². The van der Waals surface area contributed by atoms with Crippen molar-refractivity contribution in [1.29, 1.82) is 0 Å². The lowest BCUT2D eigenvalue weighted by Gasteiger charge is -2.07. The molecule has 1 aromatic carbocycles. The molecule has 4 nitrogen and oxygen atoms in total. The van der Waals surface area contributed by atoms with Gasteiger partial charge in [0.25, 0.3) is 0 Å². The van der Waals surface area contributed by atoms with Gasteiger partial charge in [-0.2, -0.15) is 0 Å². The number of benzene rings is 1. The first-order valence-corrected chi connectivity index (χ1v) is 7.55. The van der Waals surface area contributed by atoms with Crippen molar-refractivity contribution in [2.24, 2.45) is 5.92 Å². The fourth-order valence-electron chi connectivity index (χ4n) is 1.62. The molecular formula is C13H17NO3S. The number of hydrogen-bond donors (Lipinski definition) is 1. The summed E-state index contributed by atoms with van der Waals surface area (Å²) in [6.45, 7) is 3.64. The third-order valence-corrected chi connectivity index (χ3v) is 4.41. The van der Waals surface area contributed by atoms with Crippen LogP contribution in [0.15, 0.2) is 29.2 Å². The van der Waals surface area contributed by atoms with Crippen LogP contribution in [0, 0.1) is 5.92 Å². The molecule has 0 heterocycles. The highest BCUT2D eigenvalue weighted by atomic mass is 32.2. The van der Waals surface area contributed by atoms with Gasteiger partial charge in [0, 0.05) is 17.5 Å². The van der Waals surface area contributed by atoms with E-state index in [0.29, 0.717) is 5.56 Å². The van der Waals surface area contributed by atoms with Crippen molar-refractivity contribution in [1.82, 2.24) is 4.72 Å². The van der Waals surface area contributed by atoms with Gasteiger partial charge in [0.2, 0.25) is 10.0 Å². The van der Waals surface area contributed by atoms with E-state index in [9.17, 15) is 13.2 Å². The summed E-state index contributed by atoms with van der Waals surface area (Å²) in [6.07, 6.45) is 1.81. The van der Waals surface area contributed by atoms with Gasteiger partial charge in [0.05, 0.1) is 4.90 Å². The Bertz CT molecular complexity index is 542. The van der Waals surface area contributed by atoms with Crippen molar-refractivity contribution in [2.75, 3.05) is 0 Å². The molecule has 1 aliphatic carbocycles. The van der Waals surface area contributed by atoms with Gasteiger partial charge < -0.3 is 0 Å². The van der Waals surface area contributed by atoms with E-state index >= 15 is 0 Å². The monoisotopic (exact) mass is 267 g/mol. The van der Waals surface area contributed by atoms with Crippen LogP contribution in [0.1, 0.15) is 37.0 Å². The third kappa shape index (κ3) is 2.97. The Balaban J connectivity index is 2.19. The maximum Gasteiger partial charge on any atom is 0.240 e. The van der Waals surface area contributed by atoms with Crippen molar-refractivity contribution < 1.29 is 13.2 Å². The second kappa shape index (κ2) is 4.82. The van der Waals surface area contributed by atoms with Crippen LogP contribution in [0.2, 0.25) is 0 Å². The third-order valence-electron chi connectivity index (χ3n) is 2.87. The van der Waals surface area contributed by atoms with Crippen LogP contribution >= 0.6 is 0 Å². The quantitative estimate of drug-likeness (QED) is 0.830. The smallest absolute Gasteiger partial charge is 0.240 e. The molecule has 5 heteroatoms. The Morgan fingerprint density at radius 3 is 2.22 bits per heavy atom. The Morgan fingerprint density at radius 1 is 1.22 bits per heavy atom. The number of rotatable bonds is 5. The van der Waals surface area contributed by atoms with Gasteiger partial charge in [-0.15, -0.1) is 0 Å². The molecule has 0 radical (unpaired) electrons. The Hall–Kier alpha value is -1.20. The van der Waals surface area contributed by atoms with Crippen molar-refractivity contribution >= 4 is 15.8 Å². The Labute approximate surface area is 107 Å². The molecule has 1 aromatic rings. The first kappa shape index (κ1) is 13.2. The second-order valence-electron chi connectivity index (χ2n) is 4.94. The van der Waals surface area contributed by atoms with Crippen LogP contribution in [0.3, 0.4) is 0 Å². The Morgan fingerprint density at radius 2 is 1.78 bits per heavy atom. The number of nitrogens with one attached hydrogen (secondary N) is 1. The Kier molecular flexibility index (Phi) is 3.54. The summed E-state index contributed by atoms with van der Waals surface area (Å²) in [5, 5.41) is 0. The molecule has 0 saturated heterocycles. The molecule has 18 heavy (non-hydrogen) atoms. The summed E-state index contributed by atoms with van der Waals surface area (Å²) in [5.41, 5.74) is 0.551. The predicted molar refractivity (Wildman–Crippen MR) is 69.0 cm³/mol. The zero-order chi connectivity index (χ0) is 13.3. The highest BCUT2D eigenvalue weighted by Crippen LogP contribution is 2.22. The van der Waals surface area contributed by atoms with E-state index in [0.717, 1.165) is 12.8 Å². The summed E-state index contributed by atoms with van der Waals surface area (Å²) in [7, 11) is -3.42. The molecule has 0 aromatic heterocycles. The van der Waals surface area contributed by atoms with Crippen LogP contribution in [-0.2, 0) is 10.0 Å². The molecule has 1 fully saturated rings. The van der Waals surface area contributed by atoms with E-state index in [1.807, 2.05) is 13.8 Å². The molecule has 2 rings (SSSR count). The summed E-state index contributed by atoms with van der Waals surface area (Å²) < 4.78 is 26.4. The largest absolute Gasteiger partial charge is 0.294 e. The molecule has 0 aliphatic heterocycles. The topological polar surface area (TPSA) is 63.2 Å². The van der Waals surface area contributed by atoms with E-state index in [4.69, 9.17) is 0 Å². The minimum atomic E-state index is -3.42. The molecule has 0 atom stereocenters. The molecule has 0 unspecified atom stereocenters. The SMILES string of the molecule is CC(C)C(=O)c1ccc(S(=O)(=O)NC2CC2)cc1. The van der Waals surface area contributed by atoms with Gasteiger partial charge in [0.15, 0.2) is 5.78 Å². The molecule has 1 aliphatic rings. The second-order valence-corrected chi connectivity index (χ2v) is 6.65. The standard InChI is InChI=1S/C13H17NO3S/c1-9(2)13(15)10-3-7-12(8-4-10)18(16,17)14-11-5-6-11/h3-4,7-9,11,14H,5-6H2,1-2H3. The van der Waals surface area contributed by atoms with Gasteiger partial charge in [-0.05, 0) is 25.0 Å². The first-order chi connectivity index (χ1) is 8.40. The van der Waals surface area contributed by atoms with Crippen molar-refractivity contribution in [3.8, 4) is 0 Å². The van der Waals surface area contributed by atoms with Crippen LogP contribution in [-0.4, -0.2) is 20.2 Å². The number of ketones is 1. The van der Waals surface area contributed by atoms with E-state index in [1.54, 1.807) is 12.1 Å². The number of Topliss-reactive ketones (excluding diaryl/α,β-unsaturated/α-hetero) is 1. The highest BCUT2D eigenvalue weighted by molar-refractivity contribution is 7.89. The van der Waals surface area contributed by atoms with E-state index in [-0.39, 0.29) is 22.6 Å². The number of carbonyl (C=O) groups is 1. The minimum Gasteiger partial charge on any atom is -0.294 e. The first-order valence-electron chi connectivity index (χ1n) is 6.07. The van der Waals surface area contributed by atoms with Gasteiger partial charge in [-0.3, -0.25) is 4.79 Å². The van der Waals surface area contributed by atoms with E-state index < -0.39 is 10.0 Å². The van der Waals surface area contributed by atoms with Gasteiger partial charge in [0.1, 0.15) is 0 Å². The van der Waals surface area contributed by atoms with Gasteiger partial charge in [-0.1, -0.05) is 26.0 Å². The molecule has 1 saturated carbocycles. The van der Waals surface area contributed by atoms with E-state index in [1.165, 1.54) is 12.1 Å². The molecule has 0 spiro atoms. The summed E-state index contributed by atoms with van der Waals surface area (Å²) in [5.74, 6) is -0.0638. The minimum absolute atomic E-state index is 0.0223. The average Bonchev–Trinajstić information content (AvgIpc) is 3.11. The zero-order valence-corrected chi connectivity index (χ0v) is 11.3. The van der Waals surface area contributed by atoms with Crippen LogP contribution in [0.5, 0.6) is 0 Å². The summed E-state index contributed by atoms with van der Waals surface area (Å²) in [4.78, 5) is 11.9. The molecule has 0 amide bonds. The fourth-order valence-corrected chi connectivity index (χ4v) is 2.93. The van der Waals surface area contributed by atoms with Gasteiger partial charge in [-0.25, -0.2) is 13.1 Å². The predicted octanol–water partition coefficient (Wildman–Crippen LogP) is 1.97. The number of hydrogen-bond acceptors (Lipinski definition) is 3. The average molecular weight is 267 g/mol. The molecule has 1 N–H and O–H groups in total. The van der Waals surface area contributed by atoms with E-state index in [2.05, 4.69) is 4.72 Å². The van der Waals surface area contributed by atoms with Crippen molar-refractivity contribution in [3.63, 3.8) is 0 Å². The summed E-state index contributed by atoms with van der Waals surface area (Å²) in [6, 6.07) is 6.21. The number of carbonyl (C=O) groups excluding carboxylic acids is 1. The molecular weight excluding hydrogens is 250 g/mol. The normalized spacial score (nSPS) is 15.9. The number of sulfonamides is 1. The lowest BCUT2D eigenvalue weighted by molar-refractivity contribution is 0.0939. The zero-order valence-electron chi connectivity index (χ0n) is 10.5. The molecule has 98 valence electrons. The molecule has 0 bridgehead atoms. The van der Waals surface area contributed by atoms with Crippen molar-refractivity contribution in [3.05, 3.63) is 29.8 Å². The van der Waals surface area contributed by atoms with Gasteiger partial charge >= 0.3 is 0 Å². The van der Waals surface area contributed by atoms with Crippen LogP contribution in [0.4, 0.5) is 0 Å². The maximum atomic E-state index is 11.9. The highest BCUT2D eigenvalue weighted by Gasteiger charge is 2.27. The summed E-state index contributed by atoms with van der Waals surface area (Å²) >= 11 is 0. The van der Waals surface area contributed by atoms with Crippen LogP contribution < -0.4 is 4.72 Å². The fraction of sp³-hybridized carbons (Fsp3) is 0.462. The van der Waals surface area contributed by atoms with Crippen LogP contribution in [0.25, 0.3) is 0 Å². The lowest BCUT2D eigenvalue weighted by atomic mass is 10.0. The lowest BCUT2D eigenvalue weighted by Crippen LogP contribution is -2.25.